The van der Waals surface area contributed by atoms with Gasteiger partial charge in [0.2, 0.25) is 29.5 Å². The number of nitrogens with one attached hydrogen (secondary N) is 3. The van der Waals surface area contributed by atoms with Crippen LogP contribution in [-0.2, 0) is 35.2 Å². The molecular weight excluding hydrogens is 572 g/mol. The molecule has 1 aromatic carbocycles. The zero-order valence-electron chi connectivity index (χ0n) is 25.5. The van der Waals surface area contributed by atoms with E-state index in [4.69, 9.17) is 5.73 Å². The zero-order chi connectivity index (χ0) is 32.6. The first-order valence-corrected chi connectivity index (χ1v) is 15.1. The lowest BCUT2D eigenvalue weighted by atomic mass is 9.97. The van der Waals surface area contributed by atoms with E-state index in [1.54, 1.807) is 19.1 Å². The topological polar surface area (TPSA) is 211 Å². The molecule has 0 saturated carbocycles. The molecule has 1 aromatic rings. The van der Waals surface area contributed by atoms with Gasteiger partial charge in [-0.15, -0.1) is 0 Å². The van der Waals surface area contributed by atoms with Crippen molar-refractivity contribution < 1.29 is 39.0 Å². The molecule has 2 saturated heterocycles. The number of carbonyl (C=O) groups is 6. The fourth-order valence-electron chi connectivity index (χ4n) is 5.61. The van der Waals surface area contributed by atoms with Crippen LogP contribution >= 0.6 is 0 Å². The van der Waals surface area contributed by atoms with Gasteiger partial charge in [-0.25, -0.2) is 4.79 Å². The lowest BCUT2D eigenvalue weighted by Gasteiger charge is -2.32. The summed E-state index contributed by atoms with van der Waals surface area (Å²) >= 11 is 0. The Morgan fingerprint density at radius 3 is 2.05 bits per heavy atom. The van der Waals surface area contributed by atoms with Crippen molar-refractivity contribution in [1.82, 2.24) is 25.8 Å². The summed E-state index contributed by atoms with van der Waals surface area (Å²) in [5, 5.41) is 27.2. The molecule has 0 unspecified atom stereocenters. The zero-order valence-corrected chi connectivity index (χ0v) is 25.5. The lowest BCUT2D eigenvalue weighted by Crippen LogP contribution is -2.59. The number of hydrogen-bond acceptors (Lipinski definition) is 8. The van der Waals surface area contributed by atoms with E-state index in [2.05, 4.69) is 16.0 Å². The monoisotopic (exact) mass is 616 g/mol. The number of phenolic OH excluding ortho intramolecular Hbond substituents is 1. The second kappa shape index (κ2) is 15.5. The number of hydrogen-bond donors (Lipinski definition) is 6. The number of amides is 5. The number of aromatic hydroxyl groups is 1. The SMILES string of the molecule is CC[C@H](C)[C@H](NC(=O)[C@H](C)NC(=O)[C@@H]1CCCN1C(=O)CN)C(=O)N1CCC[C@H]1C(=O)N[C@@H](Cc1ccc(O)cc1)C(=O)O. The molecule has 0 spiro atoms. The Morgan fingerprint density at radius 2 is 1.48 bits per heavy atom. The fraction of sp³-hybridized carbons (Fsp3) is 0.600. The van der Waals surface area contributed by atoms with Crippen molar-refractivity contribution >= 4 is 35.5 Å². The van der Waals surface area contributed by atoms with Gasteiger partial charge in [0.25, 0.3) is 0 Å². The smallest absolute Gasteiger partial charge is 0.326 e. The summed E-state index contributed by atoms with van der Waals surface area (Å²) in [6, 6.07) is 1.09. The molecule has 0 aliphatic carbocycles. The highest BCUT2D eigenvalue weighted by atomic mass is 16.4. The summed E-state index contributed by atoms with van der Waals surface area (Å²) in [6.45, 7) is 5.60. The van der Waals surface area contributed by atoms with Crippen molar-refractivity contribution in [3.05, 3.63) is 29.8 Å². The molecule has 242 valence electrons. The normalized spacial score (nSPS) is 20.7. The van der Waals surface area contributed by atoms with Crippen LogP contribution < -0.4 is 21.7 Å². The maximum atomic E-state index is 13.8. The molecule has 3 rings (SSSR count). The summed E-state index contributed by atoms with van der Waals surface area (Å²) in [7, 11) is 0. The molecule has 0 bridgehead atoms. The summed E-state index contributed by atoms with van der Waals surface area (Å²) in [6.07, 6.45) is 2.46. The maximum absolute atomic E-state index is 13.8. The molecule has 44 heavy (non-hydrogen) atoms. The van der Waals surface area contributed by atoms with Crippen molar-refractivity contribution in [3.8, 4) is 5.75 Å². The standard InChI is InChI=1S/C30H44N6O8/c1-4-17(2)25(34-26(39)18(3)32-27(40)22-7-5-13-35(22)24(38)16-31)29(42)36-14-6-8-23(36)28(41)33-21(30(43)44)15-19-9-11-20(37)12-10-19/h9-12,17-18,21-23,25,37H,4-8,13-16,31H2,1-3H3,(H,32,40)(H,33,41)(H,34,39)(H,43,44)/t17-,18-,21-,22-,23-,25-/m0/s1. The highest BCUT2D eigenvalue weighted by Crippen LogP contribution is 2.22. The highest BCUT2D eigenvalue weighted by Gasteiger charge is 2.41. The quantitative estimate of drug-likeness (QED) is 0.168. The molecule has 0 radical (unpaired) electrons. The third kappa shape index (κ3) is 8.46. The molecule has 6 atom stereocenters. The van der Waals surface area contributed by atoms with Gasteiger partial charge in [0, 0.05) is 19.5 Å². The van der Waals surface area contributed by atoms with Gasteiger partial charge in [0.1, 0.15) is 36.0 Å². The number of carbonyl (C=O) groups excluding carboxylic acids is 5. The molecule has 0 aromatic heterocycles. The second-order valence-corrected chi connectivity index (χ2v) is 11.5. The third-order valence-corrected chi connectivity index (χ3v) is 8.41. The number of aliphatic carboxylic acids is 1. The van der Waals surface area contributed by atoms with Crippen molar-refractivity contribution in [2.75, 3.05) is 19.6 Å². The lowest BCUT2D eigenvalue weighted by molar-refractivity contribution is -0.145. The molecule has 2 heterocycles. The largest absolute Gasteiger partial charge is 0.508 e. The first-order chi connectivity index (χ1) is 20.9. The minimum atomic E-state index is -1.25. The van der Waals surface area contributed by atoms with Crippen LogP contribution in [0.15, 0.2) is 24.3 Å². The molecule has 14 heteroatoms. The predicted molar refractivity (Wildman–Crippen MR) is 159 cm³/mol. The Labute approximate surface area is 256 Å². The Bertz CT molecular complexity index is 1220. The van der Waals surface area contributed by atoms with Gasteiger partial charge in [-0.3, -0.25) is 24.0 Å². The van der Waals surface area contributed by atoms with E-state index >= 15 is 0 Å². The van der Waals surface area contributed by atoms with Crippen molar-refractivity contribution in [1.29, 1.82) is 0 Å². The summed E-state index contributed by atoms with van der Waals surface area (Å²) in [5.74, 6) is -4.01. The van der Waals surface area contributed by atoms with Crippen LogP contribution in [0.4, 0.5) is 0 Å². The van der Waals surface area contributed by atoms with E-state index in [1.165, 1.54) is 28.9 Å². The van der Waals surface area contributed by atoms with Crippen LogP contribution in [0.1, 0.15) is 58.4 Å². The first-order valence-electron chi connectivity index (χ1n) is 15.1. The van der Waals surface area contributed by atoms with Crippen LogP contribution in [-0.4, -0.2) is 105 Å². The molecule has 5 amide bonds. The number of likely N-dealkylation sites (tertiary alicyclic amines) is 2. The third-order valence-electron chi connectivity index (χ3n) is 8.41. The van der Waals surface area contributed by atoms with Gasteiger partial charge >= 0.3 is 5.97 Å². The number of carboxylic acid groups (broad SMARTS) is 1. The molecule has 7 N–H and O–H groups in total. The summed E-state index contributed by atoms with van der Waals surface area (Å²) in [5.41, 5.74) is 6.06. The van der Waals surface area contributed by atoms with Crippen LogP contribution in [0.3, 0.4) is 0 Å². The average molecular weight is 617 g/mol. The van der Waals surface area contributed by atoms with Crippen LogP contribution in [0, 0.1) is 5.92 Å². The van der Waals surface area contributed by atoms with Crippen molar-refractivity contribution in [3.63, 3.8) is 0 Å². The minimum absolute atomic E-state index is 0.0177. The Balaban J connectivity index is 1.66. The molecule has 2 fully saturated rings. The number of nitrogens with zero attached hydrogens (tertiary/aromatic N) is 2. The van der Waals surface area contributed by atoms with Gasteiger partial charge in [0.15, 0.2) is 0 Å². The van der Waals surface area contributed by atoms with Gasteiger partial charge < -0.3 is 41.7 Å². The summed E-state index contributed by atoms with van der Waals surface area (Å²) < 4.78 is 0. The van der Waals surface area contributed by atoms with Crippen LogP contribution in [0.5, 0.6) is 5.75 Å². The molecule has 14 nitrogen and oxygen atoms in total. The van der Waals surface area contributed by atoms with Gasteiger partial charge in [-0.05, 0) is 56.2 Å². The Hall–Kier alpha value is -4.20. The average Bonchev–Trinajstić information content (AvgIpc) is 3.70. The highest BCUT2D eigenvalue weighted by molar-refractivity contribution is 5.96. The van der Waals surface area contributed by atoms with Gasteiger partial charge in [-0.2, -0.15) is 0 Å². The van der Waals surface area contributed by atoms with Gasteiger partial charge in [-0.1, -0.05) is 32.4 Å². The number of rotatable bonds is 13. The van der Waals surface area contributed by atoms with E-state index in [9.17, 15) is 39.0 Å². The number of benzene rings is 1. The van der Waals surface area contributed by atoms with Gasteiger partial charge in [0.05, 0.1) is 6.54 Å². The number of carboxylic acids is 1. The van der Waals surface area contributed by atoms with E-state index in [1.807, 2.05) is 6.92 Å². The van der Waals surface area contributed by atoms with E-state index in [0.29, 0.717) is 44.2 Å². The molecule has 2 aliphatic heterocycles. The second-order valence-electron chi connectivity index (χ2n) is 11.5. The van der Waals surface area contributed by atoms with Crippen LogP contribution in [0.25, 0.3) is 0 Å². The van der Waals surface area contributed by atoms with Crippen molar-refractivity contribution in [2.45, 2.75) is 89.5 Å². The van der Waals surface area contributed by atoms with Crippen molar-refractivity contribution in [2.24, 2.45) is 11.7 Å². The predicted octanol–water partition coefficient (Wildman–Crippen LogP) is -0.520. The number of nitrogens with two attached hydrogens (primary N) is 1. The van der Waals surface area contributed by atoms with E-state index in [-0.39, 0.29) is 37.1 Å². The van der Waals surface area contributed by atoms with E-state index < -0.39 is 59.8 Å². The Kier molecular flexibility index (Phi) is 12.1. The first kappa shape index (κ1) is 34.3. The van der Waals surface area contributed by atoms with Crippen LogP contribution in [0.2, 0.25) is 0 Å². The number of phenols is 1. The Morgan fingerprint density at radius 1 is 0.909 bits per heavy atom. The van der Waals surface area contributed by atoms with E-state index in [0.717, 1.165) is 0 Å². The molecule has 2 aliphatic rings. The molecular formula is C30H44N6O8. The fourth-order valence-corrected chi connectivity index (χ4v) is 5.61. The summed E-state index contributed by atoms with van der Waals surface area (Å²) in [4.78, 5) is 80.0. The maximum Gasteiger partial charge on any atom is 0.326 e. The minimum Gasteiger partial charge on any atom is -0.508 e.